The summed E-state index contributed by atoms with van der Waals surface area (Å²) in [4.78, 5) is 21.7. The molecule has 0 aliphatic carbocycles. The fourth-order valence-electron chi connectivity index (χ4n) is 3.69. The lowest BCUT2D eigenvalue weighted by Gasteiger charge is -2.33. The third-order valence-corrected chi connectivity index (χ3v) is 4.90. The van der Waals surface area contributed by atoms with Crippen molar-refractivity contribution >= 4 is 10.9 Å². The second kappa shape index (κ2) is 7.02. The van der Waals surface area contributed by atoms with Crippen LogP contribution in [0.3, 0.4) is 0 Å². The molecule has 27 heavy (non-hydrogen) atoms. The highest BCUT2D eigenvalue weighted by molar-refractivity contribution is 5.77. The molecule has 2 heterocycles. The molecule has 0 saturated carbocycles. The highest BCUT2D eigenvalue weighted by atomic mass is 16.5. The summed E-state index contributed by atoms with van der Waals surface area (Å²) in [5.74, 6) is 1.92. The fourth-order valence-corrected chi connectivity index (χ4v) is 3.69. The van der Waals surface area contributed by atoms with Crippen molar-refractivity contribution in [3.8, 4) is 11.5 Å². The van der Waals surface area contributed by atoms with E-state index in [-0.39, 0.29) is 5.56 Å². The number of rotatable bonds is 4. The number of nitrogens with one attached hydrogen (secondary N) is 1. The summed E-state index contributed by atoms with van der Waals surface area (Å²) in [5.41, 5.74) is 2.15. The summed E-state index contributed by atoms with van der Waals surface area (Å²) in [5, 5.41) is 11.3. The van der Waals surface area contributed by atoms with Crippen LogP contribution in [0, 0.1) is 0 Å². The quantitative estimate of drug-likeness (QED) is 0.733. The van der Waals surface area contributed by atoms with Crippen LogP contribution in [0.1, 0.15) is 23.1 Å². The molecule has 0 fully saturated rings. The van der Waals surface area contributed by atoms with Crippen molar-refractivity contribution in [1.82, 2.24) is 14.9 Å². The second-order valence-electron chi connectivity index (χ2n) is 6.58. The van der Waals surface area contributed by atoms with Crippen LogP contribution in [0.15, 0.2) is 41.2 Å². The van der Waals surface area contributed by atoms with Gasteiger partial charge in [0.2, 0.25) is 0 Å². The number of aromatic amines is 1. The normalized spacial score (nSPS) is 16.9. The largest absolute Gasteiger partial charge is 0.496 e. The van der Waals surface area contributed by atoms with Crippen LogP contribution in [0.5, 0.6) is 11.5 Å². The number of fused-ring (bicyclic) bond motifs is 2. The van der Waals surface area contributed by atoms with E-state index < -0.39 is 6.10 Å². The molecule has 0 saturated heterocycles. The van der Waals surface area contributed by atoms with Crippen LogP contribution in [-0.4, -0.2) is 40.7 Å². The van der Waals surface area contributed by atoms with Gasteiger partial charge in [-0.15, -0.1) is 0 Å². The van der Waals surface area contributed by atoms with Gasteiger partial charge < -0.3 is 19.6 Å². The first-order chi connectivity index (χ1) is 13.1. The van der Waals surface area contributed by atoms with Crippen LogP contribution in [0.25, 0.3) is 10.9 Å². The molecular formula is C20H21N3O4. The lowest BCUT2D eigenvalue weighted by Crippen LogP contribution is -2.34. The maximum atomic E-state index is 12.3. The third kappa shape index (κ3) is 3.15. The Morgan fingerprint density at radius 1 is 1.19 bits per heavy atom. The van der Waals surface area contributed by atoms with Gasteiger partial charge >= 0.3 is 0 Å². The minimum Gasteiger partial charge on any atom is -0.496 e. The highest BCUT2D eigenvalue weighted by Gasteiger charge is 2.30. The molecular weight excluding hydrogens is 346 g/mol. The van der Waals surface area contributed by atoms with Crippen molar-refractivity contribution in [2.75, 3.05) is 20.8 Å². The maximum Gasteiger partial charge on any atom is 0.258 e. The molecule has 0 radical (unpaired) electrons. The van der Waals surface area contributed by atoms with Crippen LogP contribution in [0.2, 0.25) is 0 Å². The SMILES string of the molecule is COc1ccc(OC)c2c1CN(Cc1nc3ccccc3c(=O)[nH]1)C[C@H]2O. The number of benzene rings is 2. The van der Waals surface area contributed by atoms with E-state index in [1.54, 1.807) is 26.4 Å². The minimum atomic E-state index is -0.717. The van der Waals surface area contributed by atoms with Gasteiger partial charge in [0.1, 0.15) is 17.3 Å². The second-order valence-corrected chi connectivity index (χ2v) is 6.58. The molecule has 0 amide bonds. The van der Waals surface area contributed by atoms with Crippen LogP contribution in [-0.2, 0) is 13.1 Å². The Hall–Kier alpha value is -2.90. The smallest absolute Gasteiger partial charge is 0.258 e. The minimum absolute atomic E-state index is 0.159. The van der Waals surface area contributed by atoms with Crippen molar-refractivity contribution in [2.24, 2.45) is 0 Å². The number of hydrogen-bond acceptors (Lipinski definition) is 6. The maximum absolute atomic E-state index is 12.3. The molecule has 1 aliphatic rings. The van der Waals surface area contributed by atoms with E-state index in [0.717, 1.165) is 11.1 Å². The molecule has 2 N–H and O–H groups in total. The Kier molecular flexibility index (Phi) is 4.55. The predicted molar refractivity (Wildman–Crippen MR) is 101 cm³/mol. The predicted octanol–water partition coefficient (Wildman–Crippen LogP) is 1.99. The van der Waals surface area contributed by atoms with Gasteiger partial charge in [0.05, 0.1) is 37.8 Å². The zero-order valence-corrected chi connectivity index (χ0v) is 15.2. The number of aromatic nitrogens is 2. The highest BCUT2D eigenvalue weighted by Crippen LogP contribution is 2.39. The van der Waals surface area contributed by atoms with Gasteiger partial charge in [0, 0.05) is 24.2 Å². The van der Waals surface area contributed by atoms with E-state index in [1.165, 1.54) is 0 Å². The van der Waals surface area contributed by atoms with Gasteiger partial charge in [-0.25, -0.2) is 4.98 Å². The lowest BCUT2D eigenvalue weighted by molar-refractivity contribution is 0.0828. The van der Waals surface area contributed by atoms with Crippen molar-refractivity contribution < 1.29 is 14.6 Å². The molecule has 0 spiro atoms. The Balaban J connectivity index is 1.67. The number of nitrogens with zero attached hydrogens (tertiary/aromatic N) is 2. The summed E-state index contributed by atoms with van der Waals surface area (Å²) in [7, 11) is 3.20. The van der Waals surface area contributed by atoms with Gasteiger partial charge in [0.15, 0.2) is 0 Å². The van der Waals surface area contributed by atoms with Gasteiger partial charge in [0.25, 0.3) is 5.56 Å². The average Bonchev–Trinajstić information content (AvgIpc) is 2.67. The molecule has 0 bridgehead atoms. The van der Waals surface area contributed by atoms with Crippen molar-refractivity contribution in [3.05, 3.63) is 63.7 Å². The van der Waals surface area contributed by atoms with Crippen LogP contribution >= 0.6 is 0 Å². The molecule has 4 rings (SSSR count). The molecule has 1 atom stereocenters. The molecule has 7 heteroatoms. The Morgan fingerprint density at radius 3 is 2.70 bits per heavy atom. The summed E-state index contributed by atoms with van der Waals surface area (Å²) in [6.45, 7) is 1.38. The summed E-state index contributed by atoms with van der Waals surface area (Å²) in [6.07, 6.45) is -0.717. The Morgan fingerprint density at radius 2 is 1.93 bits per heavy atom. The summed E-state index contributed by atoms with van der Waals surface area (Å²) in [6, 6.07) is 10.9. The average molecular weight is 367 g/mol. The number of para-hydroxylation sites is 1. The monoisotopic (exact) mass is 367 g/mol. The molecule has 3 aromatic rings. The number of aliphatic hydroxyl groups is 1. The fraction of sp³-hybridized carbons (Fsp3) is 0.300. The molecule has 1 aliphatic heterocycles. The van der Waals surface area contributed by atoms with E-state index in [4.69, 9.17) is 9.47 Å². The van der Waals surface area contributed by atoms with Crippen molar-refractivity contribution in [3.63, 3.8) is 0 Å². The number of ether oxygens (including phenoxy) is 2. The number of aliphatic hydroxyl groups excluding tert-OH is 1. The van der Waals surface area contributed by atoms with Crippen molar-refractivity contribution in [2.45, 2.75) is 19.2 Å². The molecule has 140 valence electrons. The van der Waals surface area contributed by atoms with E-state index in [1.807, 2.05) is 29.2 Å². The molecule has 2 aromatic carbocycles. The van der Waals surface area contributed by atoms with Crippen LogP contribution in [0.4, 0.5) is 0 Å². The lowest BCUT2D eigenvalue weighted by atomic mass is 9.95. The van der Waals surface area contributed by atoms with Crippen molar-refractivity contribution in [1.29, 1.82) is 0 Å². The van der Waals surface area contributed by atoms with E-state index in [9.17, 15) is 9.90 Å². The van der Waals surface area contributed by atoms with E-state index in [0.29, 0.717) is 47.9 Å². The molecule has 1 aromatic heterocycles. The first-order valence-electron chi connectivity index (χ1n) is 8.73. The van der Waals surface area contributed by atoms with Crippen LogP contribution < -0.4 is 15.0 Å². The van der Waals surface area contributed by atoms with Gasteiger partial charge in [-0.05, 0) is 24.3 Å². The number of hydrogen-bond donors (Lipinski definition) is 2. The zero-order valence-electron chi connectivity index (χ0n) is 15.2. The Labute approximate surface area is 156 Å². The first kappa shape index (κ1) is 17.5. The topological polar surface area (TPSA) is 87.7 Å². The van der Waals surface area contributed by atoms with E-state index in [2.05, 4.69) is 9.97 Å². The number of β-amino-alcohol motifs (C(OH)–C–C–N with tert-alkyl or cyclic N) is 1. The first-order valence-corrected chi connectivity index (χ1v) is 8.73. The van der Waals surface area contributed by atoms with E-state index >= 15 is 0 Å². The summed E-state index contributed by atoms with van der Waals surface area (Å²) < 4.78 is 10.9. The zero-order chi connectivity index (χ0) is 19.0. The third-order valence-electron chi connectivity index (χ3n) is 4.90. The van der Waals surface area contributed by atoms with Gasteiger partial charge in [-0.3, -0.25) is 9.69 Å². The van der Waals surface area contributed by atoms with Gasteiger partial charge in [-0.1, -0.05) is 12.1 Å². The standard InChI is InChI=1S/C20H21N3O4/c1-26-16-7-8-17(27-2)19-13(16)9-23(10-15(19)24)11-18-21-14-6-4-3-5-12(14)20(25)22-18/h3-8,15,24H,9-11H2,1-2H3,(H,21,22,25)/t15-/m1/s1. The Bertz CT molecular complexity index is 1050. The molecule has 0 unspecified atom stereocenters. The summed E-state index contributed by atoms with van der Waals surface area (Å²) >= 11 is 0. The number of methoxy groups -OCH3 is 2. The number of H-pyrrole nitrogens is 1. The molecule has 7 nitrogen and oxygen atoms in total. The van der Waals surface area contributed by atoms with Gasteiger partial charge in [-0.2, -0.15) is 0 Å².